The number of hydrogen-bond donors (Lipinski definition) is 0. The van der Waals surface area contributed by atoms with E-state index in [2.05, 4.69) is 69.1 Å². The SMILES string of the molecule is Cc1nc(-c2cc(-c3cnn(Cc4ccc(Cl)cc4)c3)ccn2)n(COCC[Si](C)(C)C)c1I. The van der Waals surface area contributed by atoms with E-state index in [1.165, 1.54) is 0 Å². The van der Waals surface area contributed by atoms with Crippen molar-refractivity contribution in [2.75, 3.05) is 6.61 Å². The van der Waals surface area contributed by atoms with Crippen LogP contribution in [0, 0.1) is 10.6 Å². The number of halogens is 2. The minimum absolute atomic E-state index is 0.476. The first-order valence-corrected chi connectivity index (χ1v) is 16.4. The smallest absolute Gasteiger partial charge is 0.161 e. The fourth-order valence-corrected chi connectivity index (χ4v) is 4.88. The Morgan fingerprint density at radius 3 is 2.59 bits per heavy atom. The van der Waals surface area contributed by atoms with Crippen LogP contribution in [-0.2, 0) is 18.0 Å². The highest BCUT2D eigenvalue weighted by Crippen LogP contribution is 2.27. The van der Waals surface area contributed by atoms with Crippen LogP contribution in [0.3, 0.4) is 0 Å². The van der Waals surface area contributed by atoms with Crippen LogP contribution in [0.2, 0.25) is 30.7 Å². The van der Waals surface area contributed by atoms with E-state index in [9.17, 15) is 0 Å². The summed E-state index contributed by atoms with van der Waals surface area (Å²) in [5.41, 5.74) is 5.04. The zero-order valence-corrected chi connectivity index (χ0v) is 23.8. The Labute approximate surface area is 220 Å². The molecule has 1 aromatic carbocycles. The molecule has 0 unspecified atom stereocenters. The molecule has 34 heavy (non-hydrogen) atoms. The molecule has 0 aliphatic carbocycles. The molecule has 4 aromatic rings. The van der Waals surface area contributed by atoms with Crippen LogP contribution in [0.25, 0.3) is 22.6 Å². The number of rotatable bonds is 9. The third-order valence-electron chi connectivity index (χ3n) is 5.50. The Hall–Kier alpha value is -2.01. The fourth-order valence-electron chi connectivity index (χ4n) is 3.51. The van der Waals surface area contributed by atoms with Crippen molar-refractivity contribution < 1.29 is 4.74 Å². The minimum atomic E-state index is -1.13. The highest BCUT2D eigenvalue weighted by molar-refractivity contribution is 14.1. The number of pyridine rings is 1. The Balaban J connectivity index is 1.53. The van der Waals surface area contributed by atoms with E-state index >= 15 is 0 Å². The molecule has 178 valence electrons. The summed E-state index contributed by atoms with van der Waals surface area (Å²) >= 11 is 8.33. The second kappa shape index (κ2) is 10.7. The average molecular weight is 606 g/mol. The lowest BCUT2D eigenvalue weighted by atomic mass is 10.1. The van der Waals surface area contributed by atoms with Crippen LogP contribution >= 0.6 is 34.2 Å². The number of imidazole rings is 1. The van der Waals surface area contributed by atoms with Gasteiger partial charge in [0.05, 0.1) is 18.4 Å². The summed E-state index contributed by atoms with van der Waals surface area (Å²) in [7, 11) is -1.13. The molecule has 0 saturated heterocycles. The van der Waals surface area contributed by atoms with Gasteiger partial charge in [0, 0.05) is 37.7 Å². The first-order valence-electron chi connectivity index (χ1n) is 11.2. The fraction of sp³-hybridized carbons (Fsp3) is 0.320. The van der Waals surface area contributed by atoms with Crippen LogP contribution in [0.5, 0.6) is 0 Å². The molecule has 0 atom stereocenters. The molecule has 0 radical (unpaired) electrons. The summed E-state index contributed by atoms with van der Waals surface area (Å²) < 4.78 is 11.1. The molecule has 0 fully saturated rings. The zero-order chi connectivity index (χ0) is 24.3. The van der Waals surface area contributed by atoms with E-state index < -0.39 is 8.07 Å². The number of benzene rings is 1. The van der Waals surface area contributed by atoms with E-state index in [4.69, 9.17) is 21.3 Å². The number of ether oxygens (including phenoxy) is 1. The molecule has 3 heterocycles. The number of hydrogen-bond acceptors (Lipinski definition) is 4. The molecule has 0 amide bonds. The normalized spacial score (nSPS) is 11.8. The van der Waals surface area contributed by atoms with Gasteiger partial charge in [-0.15, -0.1) is 0 Å². The Kier molecular flexibility index (Phi) is 7.91. The van der Waals surface area contributed by atoms with Crippen LogP contribution < -0.4 is 0 Å². The van der Waals surface area contributed by atoms with Crippen molar-refractivity contribution in [2.24, 2.45) is 0 Å². The average Bonchev–Trinajstić information content (AvgIpc) is 3.37. The summed E-state index contributed by atoms with van der Waals surface area (Å²) in [5, 5.41) is 5.28. The van der Waals surface area contributed by atoms with E-state index in [1.54, 1.807) is 0 Å². The molecule has 0 saturated carbocycles. The van der Waals surface area contributed by atoms with Crippen LogP contribution in [0.1, 0.15) is 11.3 Å². The molecule has 6 nitrogen and oxygen atoms in total. The van der Waals surface area contributed by atoms with Gasteiger partial charge in [0.2, 0.25) is 0 Å². The number of aryl methyl sites for hydroxylation is 1. The predicted molar refractivity (Wildman–Crippen MR) is 149 cm³/mol. The molecule has 0 aliphatic heterocycles. The quantitative estimate of drug-likeness (QED) is 0.121. The maximum Gasteiger partial charge on any atom is 0.161 e. The molecule has 3 aromatic heterocycles. The van der Waals surface area contributed by atoms with E-state index in [0.717, 1.165) is 55.3 Å². The lowest BCUT2D eigenvalue weighted by Gasteiger charge is -2.16. The largest absolute Gasteiger partial charge is 0.361 e. The van der Waals surface area contributed by atoms with Gasteiger partial charge >= 0.3 is 0 Å². The van der Waals surface area contributed by atoms with Crippen molar-refractivity contribution >= 4 is 42.3 Å². The van der Waals surface area contributed by atoms with E-state index in [-0.39, 0.29) is 0 Å². The summed E-state index contributed by atoms with van der Waals surface area (Å²) in [6.45, 7) is 11.0. The lowest BCUT2D eigenvalue weighted by Crippen LogP contribution is -2.22. The van der Waals surface area contributed by atoms with Crippen LogP contribution in [0.15, 0.2) is 55.0 Å². The van der Waals surface area contributed by atoms with Crippen molar-refractivity contribution in [1.82, 2.24) is 24.3 Å². The molecule has 0 N–H and O–H groups in total. The Morgan fingerprint density at radius 2 is 1.85 bits per heavy atom. The standard InChI is InChI=1S/C25H29ClIN5OSi/c1-18-24(27)32(17-33-11-12-34(2,3)4)25(30-18)23-13-20(9-10-28-23)21-14-29-31(16-21)15-19-5-7-22(26)8-6-19/h5-10,13-14,16H,11-12,15,17H2,1-4H3. The lowest BCUT2D eigenvalue weighted by molar-refractivity contribution is 0.0866. The summed E-state index contributed by atoms with van der Waals surface area (Å²) in [6, 6.07) is 13.0. The monoisotopic (exact) mass is 605 g/mol. The predicted octanol–water partition coefficient (Wildman–Crippen LogP) is 6.74. The third kappa shape index (κ3) is 6.35. The van der Waals surface area contributed by atoms with Gasteiger partial charge in [-0.2, -0.15) is 5.10 Å². The van der Waals surface area contributed by atoms with Gasteiger partial charge < -0.3 is 4.74 Å². The van der Waals surface area contributed by atoms with Crippen molar-refractivity contribution in [1.29, 1.82) is 0 Å². The van der Waals surface area contributed by atoms with Gasteiger partial charge in [0.15, 0.2) is 5.82 Å². The highest BCUT2D eigenvalue weighted by atomic mass is 127. The molecule has 0 aliphatic rings. The van der Waals surface area contributed by atoms with Crippen LogP contribution in [0.4, 0.5) is 0 Å². The molecular formula is C25H29ClIN5OSi. The summed E-state index contributed by atoms with van der Waals surface area (Å²) in [5.74, 6) is 0.824. The minimum Gasteiger partial charge on any atom is -0.361 e. The molecule has 4 rings (SSSR count). The van der Waals surface area contributed by atoms with Gasteiger partial charge in [-0.1, -0.05) is 43.4 Å². The number of nitrogens with zero attached hydrogens (tertiary/aromatic N) is 5. The van der Waals surface area contributed by atoms with Gasteiger partial charge in [0.1, 0.15) is 16.1 Å². The maximum atomic E-state index is 6.04. The number of aromatic nitrogens is 5. The van der Waals surface area contributed by atoms with Gasteiger partial charge in [-0.25, -0.2) is 4.98 Å². The Morgan fingerprint density at radius 1 is 1.09 bits per heavy atom. The zero-order valence-electron chi connectivity index (χ0n) is 19.9. The third-order valence-corrected chi connectivity index (χ3v) is 8.81. The Bertz CT molecular complexity index is 1260. The van der Waals surface area contributed by atoms with Crippen molar-refractivity contribution in [3.8, 4) is 22.6 Å². The summed E-state index contributed by atoms with van der Waals surface area (Å²) in [6.07, 6.45) is 5.76. The second-order valence-corrected chi connectivity index (χ2v) is 16.7. The van der Waals surface area contributed by atoms with E-state index in [0.29, 0.717) is 13.3 Å². The molecule has 0 spiro atoms. The first kappa shape index (κ1) is 25.1. The molecular weight excluding hydrogens is 577 g/mol. The summed E-state index contributed by atoms with van der Waals surface area (Å²) in [4.78, 5) is 9.43. The van der Waals surface area contributed by atoms with Crippen molar-refractivity contribution in [3.05, 3.63) is 75.0 Å². The van der Waals surface area contributed by atoms with Gasteiger partial charge in [0.25, 0.3) is 0 Å². The van der Waals surface area contributed by atoms with Gasteiger partial charge in [-0.3, -0.25) is 14.2 Å². The van der Waals surface area contributed by atoms with Crippen molar-refractivity contribution in [3.63, 3.8) is 0 Å². The van der Waals surface area contributed by atoms with Gasteiger partial charge in [-0.05, 0) is 71.0 Å². The van der Waals surface area contributed by atoms with Crippen LogP contribution in [-0.4, -0.2) is 39.0 Å². The van der Waals surface area contributed by atoms with Crippen molar-refractivity contribution in [2.45, 2.75) is 45.9 Å². The highest BCUT2D eigenvalue weighted by Gasteiger charge is 2.17. The topological polar surface area (TPSA) is 57.8 Å². The maximum absolute atomic E-state index is 6.04. The first-order chi connectivity index (χ1) is 16.2. The molecule has 9 heteroatoms. The van der Waals surface area contributed by atoms with E-state index in [1.807, 2.05) is 54.3 Å². The second-order valence-electron chi connectivity index (χ2n) is 9.57. The molecule has 0 bridgehead atoms.